The van der Waals surface area contributed by atoms with Crippen molar-refractivity contribution in [1.82, 2.24) is 15.0 Å². The largest absolute Gasteiger partial charge is 0.305 e. The second-order valence-electron chi connectivity index (χ2n) is 5.00. The number of aromatic nitrogens is 3. The van der Waals surface area contributed by atoms with E-state index in [4.69, 9.17) is 0 Å². The zero-order chi connectivity index (χ0) is 16.0. The summed E-state index contributed by atoms with van der Waals surface area (Å²) < 4.78 is 13.1. The summed E-state index contributed by atoms with van der Waals surface area (Å²) in [4.78, 5) is 26.5. The summed E-state index contributed by atoms with van der Waals surface area (Å²) in [5, 5.41) is 0.548. The number of benzene rings is 1. The van der Waals surface area contributed by atoms with Crippen LogP contribution in [0.1, 0.15) is 4.88 Å². The van der Waals surface area contributed by atoms with Crippen molar-refractivity contribution in [2.45, 2.75) is 6.92 Å². The van der Waals surface area contributed by atoms with E-state index in [1.807, 2.05) is 6.92 Å². The Kier molecular flexibility index (Phi) is 3.32. The molecule has 114 valence electrons. The maximum absolute atomic E-state index is 13.1. The quantitative estimate of drug-likeness (QED) is 0.593. The number of thiophene rings is 1. The molecule has 3 heterocycles. The number of rotatable bonds is 2. The van der Waals surface area contributed by atoms with Gasteiger partial charge in [-0.15, -0.1) is 22.7 Å². The first kappa shape index (κ1) is 14.2. The topological polar surface area (TPSA) is 58.6 Å². The van der Waals surface area contributed by atoms with E-state index in [0.717, 1.165) is 20.9 Å². The standard InChI is InChI=1S/C16H10FN3OS2/c1-8-12(9-2-4-10(17)5-3-9)13-15(21)19-14(20-16(13)23-8)11-6-18-7-22-11/h2-7H,1H3,(H,19,20,21). The lowest BCUT2D eigenvalue weighted by atomic mass is 10.0. The van der Waals surface area contributed by atoms with E-state index in [0.29, 0.717) is 16.0 Å². The average molecular weight is 343 g/mol. The normalized spacial score (nSPS) is 11.2. The Labute approximate surface area is 138 Å². The van der Waals surface area contributed by atoms with Crippen LogP contribution in [0.5, 0.6) is 0 Å². The number of thiazole rings is 1. The van der Waals surface area contributed by atoms with E-state index in [9.17, 15) is 9.18 Å². The lowest BCUT2D eigenvalue weighted by Gasteiger charge is -2.02. The monoisotopic (exact) mass is 343 g/mol. The molecule has 0 saturated carbocycles. The SMILES string of the molecule is Cc1sc2nc(-c3cncs3)[nH]c(=O)c2c1-c1ccc(F)cc1. The van der Waals surface area contributed by atoms with Crippen LogP contribution in [0.3, 0.4) is 0 Å². The summed E-state index contributed by atoms with van der Waals surface area (Å²) in [6.07, 6.45) is 1.68. The maximum atomic E-state index is 13.1. The number of aromatic amines is 1. The van der Waals surface area contributed by atoms with Gasteiger partial charge >= 0.3 is 0 Å². The minimum absolute atomic E-state index is 0.193. The zero-order valence-corrected chi connectivity index (χ0v) is 13.6. The Morgan fingerprint density at radius 1 is 1.22 bits per heavy atom. The first-order chi connectivity index (χ1) is 11.1. The van der Waals surface area contributed by atoms with Gasteiger partial charge in [0.05, 0.1) is 15.8 Å². The van der Waals surface area contributed by atoms with Gasteiger partial charge in [0, 0.05) is 16.6 Å². The molecule has 0 unspecified atom stereocenters. The van der Waals surface area contributed by atoms with Crippen molar-refractivity contribution in [3.05, 3.63) is 57.0 Å². The van der Waals surface area contributed by atoms with Crippen LogP contribution in [-0.2, 0) is 0 Å². The lowest BCUT2D eigenvalue weighted by molar-refractivity contribution is 0.628. The second kappa shape index (κ2) is 5.36. The van der Waals surface area contributed by atoms with E-state index in [2.05, 4.69) is 15.0 Å². The Balaban J connectivity index is 1.98. The smallest absolute Gasteiger partial charge is 0.260 e. The number of hydrogen-bond donors (Lipinski definition) is 1. The Hall–Kier alpha value is -2.38. The number of halogens is 1. The summed E-state index contributed by atoms with van der Waals surface area (Å²) in [5.41, 5.74) is 3.13. The summed E-state index contributed by atoms with van der Waals surface area (Å²) in [6, 6.07) is 6.15. The van der Waals surface area contributed by atoms with Crippen molar-refractivity contribution >= 4 is 32.9 Å². The minimum atomic E-state index is -0.301. The van der Waals surface area contributed by atoms with E-state index >= 15 is 0 Å². The van der Waals surface area contributed by atoms with Crippen LogP contribution >= 0.6 is 22.7 Å². The Morgan fingerprint density at radius 2 is 2.00 bits per heavy atom. The zero-order valence-electron chi connectivity index (χ0n) is 12.0. The van der Waals surface area contributed by atoms with Crippen LogP contribution < -0.4 is 5.56 Å². The molecule has 1 aromatic carbocycles. The highest BCUT2D eigenvalue weighted by Crippen LogP contribution is 2.36. The fraction of sp³-hybridized carbons (Fsp3) is 0.0625. The molecule has 0 spiro atoms. The number of aryl methyl sites for hydroxylation is 1. The van der Waals surface area contributed by atoms with Gasteiger partial charge in [-0.3, -0.25) is 9.78 Å². The third-order valence-corrected chi connectivity index (χ3v) is 5.32. The van der Waals surface area contributed by atoms with E-state index < -0.39 is 0 Å². The molecule has 0 aliphatic rings. The molecule has 0 bridgehead atoms. The number of nitrogens with one attached hydrogen (secondary N) is 1. The molecule has 0 aliphatic carbocycles. The molecule has 1 N–H and O–H groups in total. The molecule has 0 amide bonds. The third kappa shape index (κ3) is 2.38. The molecule has 0 fully saturated rings. The minimum Gasteiger partial charge on any atom is -0.305 e. The lowest BCUT2D eigenvalue weighted by Crippen LogP contribution is -2.08. The Morgan fingerprint density at radius 3 is 2.70 bits per heavy atom. The fourth-order valence-electron chi connectivity index (χ4n) is 2.53. The summed E-state index contributed by atoms with van der Waals surface area (Å²) in [6.45, 7) is 1.94. The van der Waals surface area contributed by atoms with Crippen molar-refractivity contribution < 1.29 is 4.39 Å². The van der Waals surface area contributed by atoms with Gasteiger partial charge in [0.2, 0.25) is 0 Å². The summed E-state index contributed by atoms with van der Waals surface area (Å²) in [5.74, 6) is 0.224. The molecule has 23 heavy (non-hydrogen) atoms. The predicted molar refractivity (Wildman–Crippen MR) is 91.5 cm³/mol. The van der Waals surface area contributed by atoms with Crippen molar-refractivity contribution in [3.8, 4) is 21.8 Å². The van der Waals surface area contributed by atoms with E-state index in [1.54, 1.807) is 23.8 Å². The fourth-order valence-corrected chi connectivity index (χ4v) is 4.14. The molecule has 0 saturated heterocycles. The molecule has 0 aliphatic heterocycles. The third-order valence-electron chi connectivity index (χ3n) is 3.54. The van der Waals surface area contributed by atoms with Gasteiger partial charge < -0.3 is 4.98 Å². The van der Waals surface area contributed by atoms with E-state index in [-0.39, 0.29) is 11.4 Å². The van der Waals surface area contributed by atoms with Crippen molar-refractivity contribution in [2.24, 2.45) is 0 Å². The summed E-state index contributed by atoms with van der Waals surface area (Å²) >= 11 is 2.88. The molecule has 4 rings (SSSR count). The molecular formula is C16H10FN3OS2. The predicted octanol–water partition coefficient (Wildman–Crippen LogP) is 4.22. The van der Waals surface area contributed by atoms with Crippen LogP contribution in [-0.4, -0.2) is 15.0 Å². The van der Waals surface area contributed by atoms with Crippen LogP contribution in [0.2, 0.25) is 0 Å². The van der Waals surface area contributed by atoms with Crippen molar-refractivity contribution in [2.75, 3.05) is 0 Å². The van der Waals surface area contributed by atoms with E-state index in [1.165, 1.54) is 34.8 Å². The van der Waals surface area contributed by atoms with Crippen LogP contribution in [0, 0.1) is 12.7 Å². The number of hydrogen-bond acceptors (Lipinski definition) is 5. The summed E-state index contributed by atoms with van der Waals surface area (Å²) in [7, 11) is 0. The Bertz CT molecular complexity index is 1050. The van der Waals surface area contributed by atoms with Gasteiger partial charge in [0.25, 0.3) is 5.56 Å². The van der Waals surface area contributed by atoms with Gasteiger partial charge in [0.15, 0.2) is 5.82 Å². The van der Waals surface area contributed by atoms with Crippen LogP contribution in [0.15, 0.2) is 40.8 Å². The van der Waals surface area contributed by atoms with Crippen LogP contribution in [0.25, 0.3) is 32.0 Å². The number of H-pyrrole nitrogens is 1. The van der Waals surface area contributed by atoms with Crippen molar-refractivity contribution in [1.29, 1.82) is 0 Å². The molecule has 7 heteroatoms. The van der Waals surface area contributed by atoms with Crippen molar-refractivity contribution in [3.63, 3.8) is 0 Å². The van der Waals surface area contributed by atoms with Gasteiger partial charge in [-0.2, -0.15) is 0 Å². The first-order valence-corrected chi connectivity index (χ1v) is 8.51. The molecule has 3 aromatic heterocycles. The molecule has 4 nitrogen and oxygen atoms in total. The molecule has 0 radical (unpaired) electrons. The van der Waals surface area contributed by atoms with Crippen LogP contribution in [0.4, 0.5) is 4.39 Å². The number of fused-ring (bicyclic) bond motifs is 1. The molecule has 4 aromatic rings. The highest BCUT2D eigenvalue weighted by Gasteiger charge is 2.17. The van der Waals surface area contributed by atoms with Gasteiger partial charge in [-0.25, -0.2) is 9.37 Å². The molecular weight excluding hydrogens is 333 g/mol. The highest BCUT2D eigenvalue weighted by atomic mass is 32.1. The van der Waals surface area contributed by atoms with Gasteiger partial charge in [-0.05, 0) is 24.6 Å². The molecule has 0 atom stereocenters. The maximum Gasteiger partial charge on any atom is 0.260 e. The highest BCUT2D eigenvalue weighted by molar-refractivity contribution is 7.19. The van der Waals surface area contributed by atoms with Gasteiger partial charge in [-0.1, -0.05) is 12.1 Å². The second-order valence-corrected chi connectivity index (χ2v) is 7.09. The average Bonchev–Trinajstić information content (AvgIpc) is 3.15. The first-order valence-electron chi connectivity index (χ1n) is 6.81. The van der Waals surface area contributed by atoms with Gasteiger partial charge in [0.1, 0.15) is 10.6 Å². The number of nitrogens with zero attached hydrogens (tertiary/aromatic N) is 2.